The van der Waals surface area contributed by atoms with Gasteiger partial charge in [-0.25, -0.2) is 4.98 Å². The van der Waals surface area contributed by atoms with E-state index in [-0.39, 0.29) is 5.69 Å². The molecule has 2 aromatic rings. The van der Waals surface area contributed by atoms with Crippen LogP contribution in [0.3, 0.4) is 0 Å². The summed E-state index contributed by atoms with van der Waals surface area (Å²) < 4.78 is 1.56. The van der Waals surface area contributed by atoms with Gasteiger partial charge in [-0.05, 0) is 12.1 Å². The van der Waals surface area contributed by atoms with E-state index < -0.39 is 5.91 Å². The summed E-state index contributed by atoms with van der Waals surface area (Å²) in [5.74, 6) is -0.530. The van der Waals surface area contributed by atoms with Crippen molar-refractivity contribution in [2.24, 2.45) is 5.73 Å². The van der Waals surface area contributed by atoms with E-state index >= 15 is 0 Å². The highest BCUT2D eigenvalue weighted by Gasteiger charge is 2.06. The van der Waals surface area contributed by atoms with E-state index in [1.54, 1.807) is 30.3 Å². The van der Waals surface area contributed by atoms with Crippen LogP contribution in [0.15, 0.2) is 24.5 Å². The standard InChI is InChI=1S/C9H9N3O2/c1-14-12-3-2-6-4-7(9(10)13)11-5-8(6)12/h2-5H,1H3,(H2,10,13). The fourth-order valence-corrected chi connectivity index (χ4v) is 1.30. The van der Waals surface area contributed by atoms with Gasteiger partial charge in [-0.2, -0.15) is 4.73 Å². The highest BCUT2D eigenvalue weighted by molar-refractivity contribution is 5.94. The average Bonchev–Trinajstić information content (AvgIpc) is 2.59. The quantitative estimate of drug-likeness (QED) is 0.736. The van der Waals surface area contributed by atoms with Gasteiger partial charge in [-0.1, -0.05) is 0 Å². The van der Waals surface area contributed by atoms with Gasteiger partial charge in [-0.15, -0.1) is 0 Å². The number of hydrogen-bond donors (Lipinski definition) is 1. The minimum absolute atomic E-state index is 0.256. The zero-order chi connectivity index (χ0) is 10.1. The van der Waals surface area contributed by atoms with Gasteiger partial charge in [0.2, 0.25) is 0 Å². The third-order valence-corrected chi connectivity index (χ3v) is 1.99. The Hall–Kier alpha value is -2.04. The molecule has 0 fully saturated rings. The summed E-state index contributed by atoms with van der Waals surface area (Å²) in [6.45, 7) is 0. The number of rotatable bonds is 2. The fourth-order valence-electron chi connectivity index (χ4n) is 1.30. The van der Waals surface area contributed by atoms with Gasteiger partial charge in [0.25, 0.3) is 5.91 Å². The van der Waals surface area contributed by atoms with Crippen molar-refractivity contribution in [1.29, 1.82) is 0 Å². The lowest BCUT2D eigenvalue weighted by molar-refractivity contribution is 0.0995. The van der Waals surface area contributed by atoms with Gasteiger partial charge in [0.05, 0.1) is 6.20 Å². The summed E-state index contributed by atoms with van der Waals surface area (Å²) in [5, 5.41) is 0.871. The smallest absolute Gasteiger partial charge is 0.267 e. The van der Waals surface area contributed by atoms with Gasteiger partial charge in [0.1, 0.15) is 18.3 Å². The maximum Gasteiger partial charge on any atom is 0.267 e. The molecule has 1 amide bonds. The van der Waals surface area contributed by atoms with Crippen molar-refractivity contribution in [3.63, 3.8) is 0 Å². The second kappa shape index (κ2) is 3.02. The van der Waals surface area contributed by atoms with Crippen LogP contribution in [0.25, 0.3) is 10.9 Å². The molecule has 0 saturated carbocycles. The van der Waals surface area contributed by atoms with Crippen LogP contribution in [-0.4, -0.2) is 22.7 Å². The summed E-state index contributed by atoms with van der Waals surface area (Å²) in [5.41, 5.74) is 6.16. The number of nitrogens with zero attached hydrogens (tertiary/aromatic N) is 2. The number of carbonyl (C=O) groups is 1. The van der Waals surface area contributed by atoms with E-state index in [1.807, 2.05) is 6.07 Å². The maximum absolute atomic E-state index is 10.8. The molecular weight excluding hydrogens is 182 g/mol. The van der Waals surface area contributed by atoms with E-state index in [0.717, 1.165) is 10.9 Å². The molecule has 0 aliphatic heterocycles. The SMILES string of the molecule is COn1ccc2cc(C(N)=O)ncc21. The molecule has 5 nitrogen and oxygen atoms in total. The van der Waals surface area contributed by atoms with Crippen LogP contribution in [0.1, 0.15) is 10.5 Å². The van der Waals surface area contributed by atoms with Crippen molar-refractivity contribution in [3.8, 4) is 0 Å². The van der Waals surface area contributed by atoms with Crippen molar-refractivity contribution in [1.82, 2.24) is 9.71 Å². The topological polar surface area (TPSA) is 70.1 Å². The zero-order valence-electron chi connectivity index (χ0n) is 7.60. The number of nitrogens with two attached hydrogens (primary N) is 1. The van der Waals surface area contributed by atoms with Gasteiger partial charge in [0, 0.05) is 11.6 Å². The number of carbonyl (C=O) groups excluding carboxylic acids is 1. The molecule has 0 saturated heterocycles. The number of aromatic nitrogens is 2. The van der Waals surface area contributed by atoms with Crippen LogP contribution in [0.5, 0.6) is 0 Å². The summed E-state index contributed by atoms with van der Waals surface area (Å²) in [7, 11) is 1.56. The van der Waals surface area contributed by atoms with Gasteiger partial charge in [-0.3, -0.25) is 4.79 Å². The fraction of sp³-hybridized carbons (Fsp3) is 0.111. The van der Waals surface area contributed by atoms with Gasteiger partial charge < -0.3 is 10.6 Å². The monoisotopic (exact) mass is 191 g/mol. The minimum Gasteiger partial charge on any atom is -0.417 e. The number of fused-ring (bicyclic) bond motifs is 1. The van der Waals surface area contributed by atoms with Crippen molar-refractivity contribution in [2.75, 3.05) is 7.11 Å². The first-order chi connectivity index (χ1) is 6.72. The Balaban J connectivity index is 2.63. The highest BCUT2D eigenvalue weighted by Crippen LogP contribution is 2.14. The first-order valence-corrected chi connectivity index (χ1v) is 4.04. The Labute approximate surface area is 80.1 Å². The molecule has 0 radical (unpaired) electrons. The molecule has 2 N–H and O–H groups in total. The molecule has 5 heteroatoms. The Morgan fingerprint density at radius 2 is 2.43 bits per heavy atom. The number of primary amides is 1. The van der Waals surface area contributed by atoms with Crippen LogP contribution in [0, 0.1) is 0 Å². The van der Waals surface area contributed by atoms with E-state index in [0.29, 0.717) is 0 Å². The van der Waals surface area contributed by atoms with E-state index in [2.05, 4.69) is 4.98 Å². The van der Waals surface area contributed by atoms with E-state index in [9.17, 15) is 4.79 Å². The minimum atomic E-state index is -0.530. The van der Waals surface area contributed by atoms with Crippen LogP contribution in [0.4, 0.5) is 0 Å². The normalized spacial score (nSPS) is 10.4. The van der Waals surface area contributed by atoms with Crippen LogP contribution in [-0.2, 0) is 0 Å². The molecule has 2 aromatic heterocycles. The van der Waals surface area contributed by atoms with Gasteiger partial charge in [0.15, 0.2) is 0 Å². The maximum atomic E-state index is 10.8. The third-order valence-electron chi connectivity index (χ3n) is 1.99. The Morgan fingerprint density at radius 3 is 3.07 bits per heavy atom. The van der Waals surface area contributed by atoms with E-state index in [4.69, 9.17) is 10.6 Å². The average molecular weight is 191 g/mol. The molecule has 0 unspecified atom stereocenters. The van der Waals surface area contributed by atoms with Crippen LogP contribution in [0.2, 0.25) is 0 Å². The van der Waals surface area contributed by atoms with Crippen LogP contribution >= 0.6 is 0 Å². The Kier molecular flexibility index (Phi) is 1.85. The number of pyridine rings is 1. The highest BCUT2D eigenvalue weighted by atomic mass is 16.6. The second-order valence-corrected chi connectivity index (χ2v) is 2.82. The zero-order valence-corrected chi connectivity index (χ0v) is 7.60. The molecule has 14 heavy (non-hydrogen) atoms. The van der Waals surface area contributed by atoms with Crippen molar-refractivity contribution in [3.05, 3.63) is 30.2 Å². The second-order valence-electron chi connectivity index (χ2n) is 2.82. The predicted octanol–water partition coefficient (Wildman–Crippen LogP) is 0.194. The summed E-state index contributed by atoms with van der Waals surface area (Å²) in [4.78, 5) is 19.8. The van der Waals surface area contributed by atoms with E-state index in [1.165, 1.54) is 0 Å². The largest absolute Gasteiger partial charge is 0.417 e. The molecule has 0 aliphatic carbocycles. The lowest BCUT2D eigenvalue weighted by Crippen LogP contribution is -2.12. The molecule has 0 spiro atoms. The molecule has 72 valence electrons. The molecule has 2 heterocycles. The van der Waals surface area contributed by atoms with Crippen molar-refractivity contribution < 1.29 is 9.63 Å². The summed E-state index contributed by atoms with van der Waals surface area (Å²) in [6, 6.07) is 3.46. The predicted molar refractivity (Wildman–Crippen MR) is 50.8 cm³/mol. The molecule has 0 atom stereocenters. The molecule has 2 rings (SSSR count). The summed E-state index contributed by atoms with van der Waals surface area (Å²) >= 11 is 0. The van der Waals surface area contributed by atoms with Gasteiger partial charge >= 0.3 is 0 Å². The lowest BCUT2D eigenvalue weighted by atomic mass is 10.2. The number of amides is 1. The molecule has 0 aliphatic rings. The Bertz CT molecular complexity index is 490. The van der Waals surface area contributed by atoms with Crippen LogP contribution < -0.4 is 10.6 Å². The first-order valence-electron chi connectivity index (χ1n) is 4.04. The van der Waals surface area contributed by atoms with Crippen molar-refractivity contribution >= 4 is 16.8 Å². The first kappa shape index (κ1) is 8.55. The molecular formula is C9H9N3O2. The van der Waals surface area contributed by atoms with Crippen molar-refractivity contribution in [2.45, 2.75) is 0 Å². The molecule has 0 bridgehead atoms. The third kappa shape index (κ3) is 1.19. The lowest BCUT2D eigenvalue weighted by Gasteiger charge is -2.01. The summed E-state index contributed by atoms with van der Waals surface area (Å²) in [6.07, 6.45) is 3.30. The molecule has 0 aromatic carbocycles. The number of hydrogen-bond acceptors (Lipinski definition) is 3. The Morgan fingerprint density at radius 1 is 1.64 bits per heavy atom.